The normalized spacial score (nSPS) is 15.5. The summed E-state index contributed by atoms with van der Waals surface area (Å²) in [4.78, 5) is 10.9. The van der Waals surface area contributed by atoms with Crippen LogP contribution in [-0.2, 0) is 10.0 Å². The molecule has 4 rings (SSSR count). The molecule has 0 atom stereocenters. The molecule has 0 N–H and O–H groups in total. The molecule has 0 spiro atoms. The molecule has 1 fully saturated rings. The van der Waals surface area contributed by atoms with Crippen LogP contribution in [0.4, 0.5) is 5.82 Å². The Morgan fingerprint density at radius 3 is 2.43 bits per heavy atom. The smallest absolute Gasteiger partial charge is 0.252 e. The highest BCUT2D eigenvalue weighted by atomic mass is 32.2. The van der Waals surface area contributed by atoms with Gasteiger partial charge in [-0.1, -0.05) is 24.3 Å². The maximum Gasteiger partial charge on any atom is 0.252 e. The molecule has 0 bridgehead atoms. The van der Waals surface area contributed by atoms with Crippen molar-refractivity contribution in [1.82, 2.24) is 14.3 Å². The van der Waals surface area contributed by atoms with E-state index in [1.807, 2.05) is 37.3 Å². The predicted molar refractivity (Wildman–Crippen MR) is 109 cm³/mol. The van der Waals surface area contributed by atoms with Gasteiger partial charge in [0, 0.05) is 32.2 Å². The molecule has 3 heterocycles. The summed E-state index contributed by atoms with van der Waals surface area (Å²) in [5, 5.41) is 1.78. The summed E-state index contributed by atoms with van der Waals surface area (Å²) in [6.45, 7) is 3.77. The van der Waals surface area contributed by atoms with Gasteiger partial charge in [0.25, 0.3) is 10.0 Å². The number of rotatable bonds is 5. The van der Waals surface area contributed by atoms with Crippen LogP contribution in [0.25, 0.3) is 0 Å². The first-order chi connectivity index (χ1) is 13.5. The van der Waals surface area contributed by atoms with Gasteiger partial charge in [0.2, 0.25) is 5.88 Å². The molecule has 0 amide bonds. The van der Waals surface area contributed by atoms with Gasteiger partial charge >= 0.3 is 0 Å². The molecule has 146 valence electrons. The molecule has 0 aliphatic carbocycles. The van der Waals surface area contributed by atoms with Crippen molar-refractivity contribution < 1.29 is 13.2 Å². The van der Waals surface area contributed by atoms with Crippen LogP contribution in [0.2, 0.25) is 0 Å². The summed E-state index contributed by atoms with van der Waals surface area (Å²) < 4.78 is 33.1. The molecule has 1 saturated heterocycles. The summed E-state index contributed by atoms with van der Waals surface area (Å²) in [6, 6.07) is 14.7. The zero-order chi connectivity index (χ0) is 19.6. The van der Waals surface area contributed by atoms with Crippen molar-refractivity contribution in [2.45, 2.75) is 11.1 Å². The average Bonchev–Trinajstić information content (AvgIpc) is 3.24. The fraction of sp³-hybridized carbons (Fsp3) is 0.263. The summed E-state index contributed by atoms with van der Waals surface area (Å²) in [5.74, 6) is 2.53. The molecule has 7 nitrogen and oxygen atoms in total. The van der Waals surface area contributed by atoms with E-state index in [0.29, 0.717) is 47.8 Å². The van der Waals surface area contributed by atoms with E-state index in [9.17, 15) is 8.42 Å². The average molecular weight is 417 g/mol. The number of para-hydroxylation sites is 1. The fourth-order valence-electron chi connectivity index (χ4n) is 3.04. The monoisotopic (exact) mass is 416 g/mol. The van der Waals surface area contributed by atoms with Crippen molar-refractivity contribution in [1.29, 1.82) is 0 Å². The van der Waals surface area contributed by atoms with Crippen molar-refractivity contribution in [3.63, 3.8) is 0 Å². The fourth-order valence-corrected chi connectivity index (χ4v) is 5.61. The Morgan fingerprint density at radius 2 is 1.75 bits per heavy atom. The summed E-state index contributed by atoms with van der Waals surface area (Å²) >= 11 is 1.25. The molecular weight excluding hydrogens is 396 g/mol. The quantitative estimate of drug-likeness (QED) is 0.636. The Morgan fingerprint density at radius 1 is 1.00 bits per heavy atom. The number of hydrogen-bond donors (Lipinski definition) is 0. The number of anilines is 1. The Labute approximate surface area is 168 Å². The van der Waals surface area contributed by atoms with E-state index < -0.39 is 10.0 Å². The Kier molecular flexibility index (Phi) is 5.29. The van der Waals surface area contributed by atoms with Gasteiger partial charge in [-0.15, -0.1) is 11.3 Å². The highest BCUT2D eigenvalue weighted by Gasteiger charge is 2.29. The second-order valence-corrected chi connectivity index (χ2v) is 9.46. The van der Waals surface area contributed by atoms with Crippen molar-refractivity contribution >= 4 is 27.2 Å². The lowest BCUT2D eigenvalue weighted by Gasteiger charge is -2.34. The minimum atomic E-state index is -3.41. The molecule has 0 saturated carbocycles. The summed E-state index contributed by atoms with van der Waals surface area (Å²) in [5.41, 5.74) is 0. The number of sulfonamides is 1. The van der Waals surface area contributed by atoms with Crippen molar-refractivity contribution in [3.8, 4) is 11.6 Å². The van der Waals surface area contributed by atoms with Crippen molar-refractivity contribution in [2.24, 2.45) is 0 Å². The number of ether oxygens (including phenoxy) is 1. The Hall–Kier alpha value is -2.49. The van der Waals surface area contributed by atoms with E-state index in [1.54, 1.807) is 23.6 Å². The van der Waals surface area contributed by atoms with Gasteiger partial charge in [-0.25, -0.2) is 13.4 Å². The number of benzene rings is 1. The van der Waals surface area contributed by atoms with Crippen LogP contribution < -0.4 is 9.64 Å². The van der Waals surface area contributed by atoms with Gasteiger partial charge in [-0.2, -0.15) is 9.29 Å². The van der Waals surface area contributed by atoms with Crippen LogP contribution in [0.15, 0.2) is 58.1 Å². The number of aryl methyl sites for hydroxylation is 1. The second-order valence-electron chi connectivity index (χ2n) is 6.35. The molecule has 3 aromatic rings. The zero-order valence-electron chi connectivity index (χ0n) is 15.4. The molecule has 28 heavy (non-hydrogen) atoms. The lowest BCUT2D eigenvalue weighted by Crippen LogP contribution is -2.48. The first-order valence-electron chi connectivity index (χ1n) is 8.89. The second kappa shape index (κ2) is 7.86. The summed E-state index contributed by atoms with van der Waals surface area (Å²) in [6.07, 6.45) is 0. The first-order valence-corrected chi connectivity index (χ1v) is 11.2. The lowest BCUT2D eigenvalue weighted by atomic mass is 10.3. The van der Waals surface area contributed by atoms with Gasteiger partial charge in [-0.3, -0.25) is 0 Å². The lowest BCUT2D eigenvalue weighted by molar-refractivity contribution is 0.384. The maximum atomic E-state index is 12.7. The van der Waals surface area contributed by atoms with Crippen molar-refractivity contribution in [2.75, 3.05) is 31.1 Å². The highest BCUT2D eigenvalue weighted by molar-refractivity contribution is 7.91. The predicted octanol–water partition coefficient (Wildman–Crippen LogP) is 3.15. The number of hydrogen-bond acceptors (Lipinski definition) is 7. The van der Waals surface area contributed by atoms with Crippen LogP contribution in [-0.4, -0.2) is 48.9 Å². The van der Waals surface area contributed by atoms with Crippen molar-refractivity contribution in [3.05, 3.63) is 59.7 Å². The van der Waals surface area contributed by atoms with E-state index in [-0.39, 0.29) is 0 Å². The SMILES string of the molecule is Cc1nc(Oc2ccccc2)cc(N2CCN(S(=O)(=O)c3cccs3)CC2)n1. The number of aromatic nitrogens is 2. The molecule has 0 unspecified atom stereocenters. The molecule has 9 heteroatoms. The van der Waals surface area contributed by atoms with Crippen LogP contribution in [0.5, 0.6) is 11.6 Å². The molecule has 1 aliphatic rings. The van der Waals surface area contributed by atoms with Crippen LogP contribution >= 0.6 is 11.3 Å². The third kappa shape index (κ3) is 4.01. The third-order valence-electron chi connectivity index (χ3n) is 4.42. The van der Waals surface area contributed by atoms with E-state index in [2.05, 4.69) is 14.9 Å². The highest BCUT2D eigenvalue weighted by Crippen LogP contribution is 2.26. The molecule has 2 aromatic heterocycles. The molecule has 1 aliphatic heterocycles. The topological polar surface area (TPSA) is 75.6 Å². The summed E-state index contributed by atoms with van der Waals surface area (Å²) in [7, 11) is -3.41. The maximum absolute atomic E-state index is 12.7. The van der Waals surface area contributed by atoms with Crippen LogP contribution in [0.1, 0.15) is 5.82 Å². The van der Waals surface area contributed by atoms with E-state index >= 15 is 0 Å². The van der Waals surface area contributed by atoms with Gasteiger partial charge < -0.3 is 9.64 Å². The minimum Gasteiger partial charge on any atom is -0.439 e. The largest absolute Gasteiger partial charge is 0.439 e. The zero-order valence-corrected chi connectivity index (χ0v) is 17.0. The van der Waals surface area contributed by atoms with E-state index in [1.165, 1.54) is 15.6 Å². The molecular formula is C19H20N4O3S2. The van der Waals surface area contributed by atoms with E-state index in [4.69, 9.17) is 4.74 Å². The first kappa shape index (κ1) is 18.9. The number of thiophene rings is 1. The third-order valence-corrected chi connectivity index (χ3v) is 7.69. The van der Waals surface area contributed by atoms with Gasteiger partial charge in [0.15, 0.2) is 0 Å². The number of piperazine rings is 1. The van der Waals surface area contributed by atoms with Gasteiger partial charge in [0.1, 0.15) is 21.6 Å². The molecule has 0 radical (unpaired) electrons. The number of nitrogens with zero attached hydrogens (tertiary/aromatic N) is 4. The van der Waals surface area contributed by atoms with Crippen LogP contribution in [0, 0.1) is 6.92 Å². The standard InChI is InChI=1S/C19H20N4O3S2/c1-15-20-17(14-18(21-15)26-16-6-3-2-4-7-16)22-9-11-23(12-10-22)28(24,25)19-8-5-13-27-19/h2-8,13-14H,9-12H2,1H3. The Balaban J connectivity index is 1.47. The van der Waals surface area contributed by atoms with E-state index in [0.717, 1.165) is 5.82 Å². The van der Waals surface area contributed by atoms with Gasteiger partial charge in [0.05, 0.1) is 0 Å². The van der Waals surface area contributed by atoms with Crippen LogP contribution in [0.3, 0.4) is 0 Å². The molecule has 1 aromatic carbocycles. The minimum absolute atomic E-state index is 0.386. The Bertz CT molecular complexity index is 1030. The van der Waals surface area contributed by atoms with Gasteiger partial charge in [-0.05, 0) is 30.5 Å².